The third-order valence-corrected chi connectivity index (χ3v) is 6.07. The van der Waals surface area contributed by atoms with Crippen LogP contribution in [-0.2, 0) is 7.05 Å². The summed E-state index contributed by atoms with van der Waals surface area (Å²) < 4.78 is 15.7. The molecule has 3 heterocycles. The topological polar surface area (TPSA) is 46.0 Å². The molecule has 3 aromatic rings. The van der Waals surface area contributed by atoms with Gasteiger partial charge in [-0.2, -0.15) is 5.10 Å². The van der Waals surface area contributed by atoms with Crippen molar-refractivity contribution in [3.8, 4) is 11.1 Å². The monoisotopic (exact) mass is 409 g/mol. The molecule has 0 saturated carbocycles. The molecule has 1 N–H and O–H groups in total. The van der Waals surface area contributed by atoms with Crippen LogP contribution in [0.2, 0.25) is 0 Å². The smallest absolute Gasteiger partial charge is 0.126 e. The number of aryl methyl sites for hydroxylation is 1. The number of benzene rings is 1. The maximum absolute atomic E-state index is 13.9. The van der Waals surface area contributed by atoms with E-state index in [-0.39, 0.29) is 0 Å². The summed E-state index contributed by atoms with van der Waals surface area (Å²) >= 11 is 0. The number of pyridine rings is 1. The number of rotatable bonds is 6. The van der Waals surface area contributed by atoms with E-state index >= 15 is 0 Å². The summed E-state index contributed by atoms with van der Waals surface area (Å²) in [4.78, 5) is 6.87. The van der Waals surface area contributed by atoms with Crippen molar-refractivity contribution in [1.29, 1.82) is 0 Å². The molecule has 160 valence electrons. The second-order valence-corrected chi connectivity index (χ2v) is 9.30. The lowest BCUT2D eigenvalue weighted by atomic mass is 9.90. The number of fused-ring (bicyclic) bond motifs is 1. The number of likely N-dealkylation sites (tertiary alicyclic amines) is 1. The molecule has 0 bridgehead atoms. The van der Waals surface area contributed by atoms with Gasteiger partial charge in [-0.3, -0.25) is 4.68 Å². The van der Waals surface area contributed by atoms with Gasteiger partial charge in [0.1, 0.15) is 11.5 Å². The van der Waals surface area contributed by atoms with Crippen molar-refractivity contribution < 1.29 is 4.39 Å². The van der Waals surface area contributed by atoms with E-state index in [4.69, 9.17) is 0 Å². The van der Waals surface area contributed by atoms with E-state index < -0.39 is 5.67 Å². The average Bonchev–Trinajstić information content (AvgIpc) is 3.13. The van der Waals surface area contributed by atoms with E-state index in [1.54, 1.807) is 13.8 Å². The summed E-state index contributed by atoms with van der Waals surface area (Å²) in [7, 11) is 1.93. The van der Waals surface area contributed by atoms with Crippen LogP contribution >= 0.6 is 0 Å². The molecule has 2 aromatic heterocycles. The lowest BCUT2D eigenvalue weighted by Crippen LogP contribution is -2.43. The Morgan fingerprint density at radius 2 is 1.90 bits per heavy atom. The molecule has 5 nitrogen and oxygen atoms in total. The van der Waals surface area contributed by atoms with Crippen molar-refractivity contribution in [3.05, 3.63) is 42.9 Å². The number of anilines is 1. The van der Waals surface area contributed by atoms with Gasteiger partial charge in [0.15, 0.2) is 0 Å². The number of piperidine rings is 1. The van der Waals surface area contributed by atoms with Crippen molar-refractivity contribution in [3.63, 3.8) is 0 Å². The third-order valence-electron chi connectivity index (χ3n) is 6.07. The highest BCUT2D eigenvalue weighted by Gasteiger charge is 2.27. The van der Waals surface area contributed by atoms with Gasteiger partial charge < -0.3 is 10.2 Å². The molecular weight excluding hydrogens is 377 g/mol. The van der Waals surface area contributed by atoms with E-state index in [0.29, 0.717) is 18.5 Å². The molecule has 4 rings (SSSR count). The van der Waals surface area contributed by atoms with Gasteiger partial charge in [-0.25, -0.2) is 9.37 Å². The number of halogens is 1. The highest BCUT2D eigenvalue weighted by atomic mass is 19.1. The summed E-state index contributed by atoms with van der Waals surface area (Å²) in [5.41, 5.74) is 1.15. The fourth-order valence-electron chi connectivity index (χ4n) is 4.46. The Balaban J connectivity index is 1.42. The lowest BCUT2D eigenvalue weighted by Gasteiger charge is -2.37. The zero-order valence-corrected chi connectivity index (χ0v) is 18.4. The van der Waals surface area contributed by atoms with Crippen LogP contribution in [0.15, 0.2) is 42.9 Å². The minimum atomic E-state index is -1.12. The molecule has 0 radical (unpaired) electrons. The second kappa shape index (κ2) is 8.34. The van der Waals surface area contributed by atoms with Crippen molar-refractivity contribution in [1.82, 2.24) is 19.7 Å². The SMILES string of the molecule is CC(Nc1cc2cc(-c3cnn(C)c3)ccc2cn1)C1CCN(CC(C)(C)F)CC1. The highest BCUT2D eigenvalue weighted by Crippen LogP contribution is 2.27. The third kappa shape index (κ3) is 4.98. The summed E-state index contributed by atoms with van der Waals surface area (Å²) in [5.74, 6) is 1.48. The number of aromatic nitrogens is 3. The molecule has 1 saturated heterocycles. The van der Waals surface area contributed by atoms with Crippen LogP contribution in [0, 0.1) is 5.92 Å². The standard InChI is InChI=1S/C24H32FN5/c1-17(18-7-9-30(10-8-18)16-24(2,3)25)28-23-12-21-11-19(5-6-20(21)13-26-23)22-14-27-29(4)15-22/h5-6,11-15,17-18H,7-10,16H2,1-4H3,(H,26,28). The Kier molecular flexibility index (Phi) is 5.78. The Hall–Kier alpha value is -2.47. The fourth-order valence-corrected chi connectivity index (χ4v) is 4.46. The largest absolute Gasteiger partial charge is 0.367 e. The molecule has 1 fully saturated rings. The maximum Gasteiger partial charge on any atom is 0.126 e. The Labute approximate surface area is 178 Å². The number of hydrogen-bond acceptors (Lipinski definition) is 4. The Morgan fingerprint density at radius 3 is 2.57 bits per heavy atom. The van der Waals surface area contributed by atoms with Crippen LogP contribution in [0.5, 0.6) is 0 Å². The number of nitrogens with zero attached hydrogens (tertiary/aromatic N) is 4. The molecule has 1 aromatic carbocycles. The first kappa shape index (κ1) is 20.8. The number of hydrogen-bond donors (Lipinski definition) is 1. The highest BCUT2D eigenvalue weighted by molar-refractivity contribution is 5.88. The minimum absolute atomic E-state index is 0.331. The Morgan fingerprint density at radius 1 is 1.13 bits per heavy atom. The van der Waals surface area contributed by atoms with Gasteiger partial charge in [0.2, 0.25) is 0 Å². The van der Waals surface area contributed by atoms with E-state index in [2.05, 4.69) is 51.5 Å². The summed E-state index contributed by atoms with van der Waals surface area (Å²) in [5, 5.41) is 10.2. The van der Waals surface area contributed by atoms with Crippen molar-refractivity contribution >= 4 is 16.6 Å². The van der Waals surface area contributed by atoms with Crippen LogP contribution in [0.25, 0.3) is 21.9 Å². The second-order valence-electron chi connectivity index (χ2n) is 9.30. The minimum Gasteiger partial charge on any atom is -0.367 e. The fraction of sp³-hybridized carbons (Fsp3) is 0.500. The molecule has 0 spiro atoms. The Bertz CT molecular complexity index is 998. The first-order valence-corrected chi connectivity index (χ1v) is 10.8. The van der Waals surface area contributed by atoms with Gasteiger partial charge in [-0.15, -0.1) is 0 Å². The molecule has 6 heteroatoms. The number of alkyl halides is 1. The molecule has 1 aliphatic heterocycles. The quantitative estimate of drug-likeness (QED) is 0.629. The molecule has 1 atom stereocenters. The van der Waals surface area contributed by atoms with Crippen LogP contribution in [-0.4, -0.2) is 51.0 Å². The lowest BCUT2D eigenvalue weighted by molar-refractivity contribution is 0.0932. The summed E-state index contributed by atoms with van der Waals surface area (Å²) in [6.07, 6.45) is 8.02. The zero-order chi connectivity index (χ0) is 21.3. The van der Waals surface area contributed by atoms with Crippen molar-refractivity contribution in [2.24, 2.45) is 13.0 Å². The first-order chi connectivity index (χ1) is 14.3. The predicted molar refractivity (Wildman–Crippen MR) is 121 cm³/mol. The van der Waals surface area contributed by atoms with Gasteiger partial charge >= 0.3 is 0 Å². The predicted octanol–water partition coefficient (Wildman–Crippen LogP) is 4.90. The van der Waals surface area contributed by atoms with Gasteiger partial charge in [0, 0.05) is 43.0 Å². The first-order valence-electron chi connectivity index (χ1n) is 10.8. The van der Waals surface area contributed by atoms with Crippen LogP contribution in [0.3, 0.4) is 0 Å². The summed E-state index contributed by atoms with van der Waals surface area (Å²) in [6.45, 7) is 8.00. The van der Waals surface area contributed by atoms with Crippen LogP contribution in [0.1, 0.15) is 33.6 Å². The number of nitrogens with one attached hydrogen (secondary N) is 1. The normalized spacial score (nSPS) is 17.4. The summed E-state index contributed by atoms with van der Waals surface area (Å²) in [6, 6.07) is 8.88. The average molecular weight is 410 g/mol. The van der Waals surface area contributed by atoms with Gasteiger partial charge in [-0.05, 0) is 75.7 Å². The van der Waals surface area contributed by atoms with Crippen LogP contribution in [0.4, 0.5) is 10.2 Å². The van der Waals surface area contributed by atoms with E-state index in [1.165, 1.54) is 5.39 Å². The van der Waals surface area contributed by atoms with E-state index in [1.807, 2.05) is 30.3 Å². The van der Waals surface area contributed by atoms with E-state index in [0.717, 1.165) is 48.3 Å². The van der Waals surface area contributed by atoms with Gasteiger partial charge in [0.25, 0.3) is 0 Å². The van der Waals surface area contributed by atoms with Crippen LogP contribution < -0.4 is 5.32 Å². The van der Waals surface area contributed by atoms with Gasteiger partial charge in [0.05, 0.1) is 6.20 Å². The molecule has 1 aliphatic rings. The molecule has 30 heavy (non-hydrogen) atoms. The molecular formula is C24H32FN5. The maximum atomic E-state index is 13.9. The van der Waals surface area contributed by atoms with Crippen molar-refractivity contribution in [2.45, 2.75) is 45.3 Å². The molecule has 1 unspecified atom stereocenters. The van der Waals surface area contributed by atoms with Gasteiger partial charge in [-0.1, -0.05) is 12.1 Å². The zero-order valence-electron chi connectivity index (χ0n) is 18.4. The van der Waals surface area contributed by atoms with Crippen molar-refractivity contribution in [2.75, 3.05) is 25.0 Å². The molecule has 0 aliphatic carbocycles. The van der Waals surface area contributed by atoms with E-state index in [9.17, 15) is 4.39 Å². The molecule has 0 amide bonds.